The van der Waals surface area contributed by atoms with E-state index in [0.717, 1.165) is 0 Å². The Bertz CT molecular complexity index is 828. The molecule has 4 N–H and O–H groups in total. The van der Waals surface area contributed by atoms with Crippen molar-refractivity contribution < 1.29 is 37.8 Å². The zero-order valence-electron chi connectivity index (χ0n) is 12.4. The highest BCUT2D eigenvalue weighted by atomic mass is 32.2. The Hall–Kier alpha value is -1.67. The third-order valence-corrected chi connectivity index (χ3v) is 5.26. The van der Waals surface area contributed by atoms with Crippen LogP contribution in [0.4, 0.5) is 0 Å². The van der Waals surface area contributed by atoms with E-state index in [0.29, 0.717) is 10.6 Å². The molecule has 5 atom stereocenters. The first-order valence-electron chi connectivity index (χ1n) is 6.95. The van der Waals surface area contributed by atoms with Crippen LogP contribution in [0.1, 0.15) is 0 Å². The molecule has 12 heteroatoms. The van der Waals surface area contributed by atoms with Gasteiger partial charge in [-0.2, -0.15) is 8.42 Å². The van der Waals surface area contributed by atoms with Gasteiger partial charge in [0.1, 0.15) is 29.1 Å². The van der Waals surface area contributed by atoms with Crippen LogP contribution in [-0.2, 0) is 14.9 Å². The van der Waals surface area contributed by atoms with E-state index in [-0.39, 0.29) is 5.75 Å². The molecule has 3 heterocycles. The summed E-state index contributed by atoms with van der Waals surface area (Å²) >= 11 is 1.36. The van der Waals surface area contributed by atoms with Crippen LogP contribution in [0, 0.1) is 0 Å². The molecule has 0 saturated carbocycles. The monoisotopic (exact) mass is 390 g/mol. The molecule has 0 aromatic carbocycles. The quantitative estimate of drug-likeness (QED) is 0.489. The molecule has 136 valence electrons. The first kappa shape index (κ1) is 18.1. The van der Waals surface area contributed by atoms with Gasteiger partial charge in [0.25, 0.3) is 10.1 Å². The summed E-state index contributed by atoms with van der Waals surface area (Å²) in [6.07, 6.45) is -2.92. The summed E-state index contributed by atoms with van der Waals surface area (Å²) in [5.41, 5.74) is -1.55. The van der Waals surface area contributed by atoms with E-state index >= 15 is 0 Å². The van der Waals surface area contributed by atoms with E-state index in [1.54, 1.807) is 11.6 Å². The van der Waals surface area contributed by atoms with Gasteiger partial charge in [-0.25, -0.2) is 4.98 Å². The smallest absolute Gasteiger partial charge is 0.295 e. The van der Waals surface area contributed by atoms with Crippen molar-refractivity contribution in [3.63, 3.8) is 0 Å². The largest absolute Gasteiger partial charge is 0.460 e. The summed E-state index contributed by atoms with van der Waals surface area (Å²) < 4.78 is 41.9. The Labute approximate surface area is 146 Å². The number of aromatic nitrogens is 2. The van der Waals surface area contributed by atoms with E-state index in [1.807, 2.05) is 0 Å². The molecular formula is C13H14N2O8S2. The number of nitrogens with zero attached hydrogens (tertiary/aromatic N) is 2. The number of hydrogen-bond acceptors (Lipinski definition) is 10. The van der Waals surface area contributed by atoms with Crippen LogP contribution in [0.2, 0.25) is 0 Å². The minimum atomic E-state index is -4.85. The van der Waals surface area contributed by atoms with Crippen LogP contribution in [0.25, 0.3) is 10.6 Å². The molecule has 1 unspecified atom stereocenters. The van der Waals surface area contributed by atoms with Crippen molar-refractivity contribution >= 4 is 21.5 Å². The van der Waals surface area contributed by atoms with Crippen LogP contribution in [-0.4, -0.2) is 68.3 Å². The fraction of sp³-hybridized carbons (Fsp3) is 0.385. The topological polar surface area (TPSA) is 159 Å². The first-order valence-corrected chi connectivity index (χ1v) is 9.33. The van der Waals surface area contributed by atoms with E-state index < -0.39 is 40.2 Å². The molecule has 0 amide bonds. The van der Waals surface area contributed by atoms with Crippen molar-refractivity contribution in [1.82, 2.24) is 9.97 Å². The molecule has 25 heavy (non-hydrogen) atoms. The number of aliphatic hydroxyl groups is 3. The van der Waals surface area contributed by atoms with Crippen molar-refractivity contribution in [2.45, 2.75) is 30.0 Å². The van der Waals surface area contributed by atoms with Crippen molar-refractivity contribution in [2.75, 3.05) is 0 Å². The zero-order chi connectivity index (χ0) is 18.2. The van der Waals surface area contributed by atoms with E-state index in [1.165, 1.54) is 29.8 Å². The van der Waals surface area contributed by atoms with Gasteiger partial charge in [0.2, 0.25) is 11.7 Å². The van der Waals surface area contributed by atoms with Crippen molar-refractivity contribution in [2.24, 2.45) is 0 Å². The van der Waals surface area contributed by atoms with Crippen LogP contribution in [0.3, 0.4) is 0 Å². The summed E-state index contributed by atoms with van der Waals surface area (Å²) in [4.78, 5) is 8.07. The molecule has 0 spiro atoms. The molecule has 0 bridgehead atoms. The van der Waals surface area contributed by atoms with Crippen LogP contribution in [0.15, 0.2) is 30.0 Å². The number of aliphatic hydroxyl groups excluding tert-OH is 3. The highest BCUT2D eigenvalue weighted by Gasteiger charge is 2.50. The van der Waals surface area contributed by atoms with Gasteiger partial charge >= 0.3 is 0 Å². The van der Waals surface area contributed by atoms with Crippen LogP contribution >= 0.6 is 11.3 Å². The third kappa shape index (κ3) is 3.79. The second kappa shape index (κ2) is 6.92. The lowest BCUT2D eigenvalue weighted by Crippen LogP contribution is -2.61. The van der Waals surface area contributed by atoms with Gasteiger partial charge < -0.3 is 24.8 Å². The maximum Gasteiger partial charge on any atom is 0.295 e. The summed E-state index contributed by atoms with van der Waals surface area (Å²) in [6, 6.07) is 1.53. The van der Waals surface area contributed by atoms with Gasteiger partial charge in [0.05, 0.1) is 6.20 Å². The molecule has 2 aromatic heterocycles. The molecule has 0 radical (unpaired) electrons. The Morgan fingerprint density at radius 2 is 1.92 bits per heavy atom. The van der Waals surface area contributed by atoms with Gasteiger partial charge in [-0.1, -0.05) is 0 Å². The van der Waals surface area contributed by atoms with E-state index in [2.05, 4.69) is 9.97 Å². The fourth-order valence-corrected chi connectivity index (χ4v) is 3.64. The summed E-state index contributed by atoms with van der Waals surface area (Å²) in [7, 11) is -4.85. The maximum atomic E-state index is 11.3. The number of hydrogen-bond donors (Lipinski definition) is 4. The predicted molar refractivity (Wildman–Crippen MR) is 84.2 cm³/mol. The number of thiazole rings is 1. The lowest BCUT2D eigenvalue weighted by atomic mass is 10.1. The van der Waals surface area contributed by atoms with Gasteiger partial charge in [-0.05, 0) is 6.07 Å². The van der Waals surface area contributed by atoms with Crippen molar-refractivity contribution in [3.05, 3.63) is 30.0 Å². The first-order chi connectivity index (χ1) is 11.8. The Morgan fingerprint density at radius 1 is 1.16 bits per heavy atom. The molecule has 1 fully saturated rings. The zero-order valence-corrected chi connectivity index (χ0v) is 14.0. The Morgan fingerprint density at radius 3 is 2.56 bits per heavy atom. The fourth-order valence-electron chi connectivity index (χ4n) is 2.26. The lowest BCUT2D eigenvalue weighted by Gasteiger charge is -2.38. The van der Waals surface area contributed by atoms with Gasteiger partial charge in [0, 0.05) is 23.3 Å². The third-order valence-electron chi connectivity index (χ3n) is 3.46. The SMILES string of the molecule is O=S(=O)(O)C1O[C@@H](Oc2cncc(-c3nccs3)c2)[C@H](O)[C@@H](O)[C@@H]1O. The van der Waals surface area contributed by atoms with E-state index in [9.17, 15) is 23.7 Å². The number of pyridine rings is 1. The molecule has 2 aromatic rings. The Kier molecular flexibility index (Phi) is 5.02. The number of rotatable bonds is 4. The standard InChI is InChI=1S/C13H14N2O8S2/c16-8-9(17)12(23-13(10(8)18)25(19,20)21)22-7-3-6(4-14-5-7)11-15-1-2-24-11/h1-5,8-10,12-13,16-18H,(H,19,20,21)/t8-,9-,10+,12-,13?/m1/s1. The maximum absolute atomic E-state index is 11.3. The van der Waals surface area contributed by atoms with Gasteiger partial charge in [-0.3, -0.25) is 9.54 Å². The minimum absolute atomic E-state index is 0.106. The van der Waals surface area contributed by atoms with Gasteiger partial charge in [0.15, 0.2) is 0 Å². The highest BCUT2D eigenvalue weighted by molar-refractivity contribution is 7.86. The normalized spacial score (nSPS) is 30.2. The summed E-state index contributed by atoms with van der Waals surface area (Å²) in [5.74, 6) is 0.106. The molecule has 1 aliphatic heterocycles. The van der Waals surface area contributed by atoms with E-state index in [4.69, 9.17) is 14.0 Å². The van der Waals surface area contributed by atoms with Crippen LogP contribution < -0.4 is 4.74 Å². The predicted octanol–water partition coefficient (Wildman–Crippen LogP) is -0.763. The van der Waals surface area contributed by atoms with Gasteiger partial charge in [-0.15, -0.1) is 11.3 Å². The van der Waals surface area contributed by atoms with Crippen molar-refractivity contribution in [3.8, 4) is 16.3 Å². The molecule has 10 nitrogen and oxygen atoms in total. The highest BCUT2D eigenvalue weighted by Crippen LogP contribution is 2.29. The molecule has 3 rings (SSSR count). The summed E-state index contributed by atoms with van der Waals surface area (Å²) in [6.45, 7) is 0. The molecule has 1 saturated heterocycles. The lowest BCUT2D eigenvalue weighted by molar-refractivity contribution is -0.254. The summed E-state index contributed by atoms with van der Waals surface area (Å²) in [5, 5.41) is 31.8. The van der Waals surface area contributed by atoms with Crippen molar-refractivity contribution in [1.29, 1.82) is 0 Å². The molecule has 1 aliphatic rings. The minimum Gasteiger partial charge on any atom is -0.460 e. The number of ether oxygens (including phenoxy) is 2. The van der Waals surface area contributed by atoms with Crippen LogP contribution in [0.5, 0.6) is 5.75 Å². The second-order valence-corrected chi connectivity index (χ2v) is 7.61. The second-order valence-electron chi connectivity index (χ2n) is 5.22. The average Bonchev–Trinajstić information content (AvgIpc) is 3.09. The molecular weight excluding hydrogens is 376 g/mol. The Balaban J connectivity index is 1.83. The average molecular weight is 390 g/mol. The molecule has 0 aliphatic carbocycles.